The summed E-state index contributed by atoms with van der Waals surface area (Å²) in [7, 11) is 0. The highest BCUT2D eigenvalue weighted by Gasteiger charge is 2.11. The summed E-state index contributed by atoms with van der Waals surface area (Å²) in [5, 5.41) is 3.14. The summed E-state index contributed by atoms with van der Waals surface area (Å²) in [4.78, 5) is 24.2. The van der Waals surface area contributed by atoms with Crippen LogP contribution in [0, 0.1) is 0 Å². The number of pyridine rings is 1. The van der Waals surface area contributed by atoms with Crippen LogP contribution in [-0.4, -0.2) is 20.9 Å². The Kier molecular flexibility index (Phi) is 5.23. The first kappa shape index (κ1) is 17.2. The Hall–Kier alpha value is -3.68. The normalized spacial score (nSPS) is 10.2. The van der Waals surface area contributed by atoms with E-state index in [-0.39, 0.29) is 17.2 Å². The number of nitrogens with one attached hydrogen (secondary N) is 3. The third-order valence-electron chi connectivity index (χ3n) is 3.70. The molecule has 5 N–H and O–H groups in total. The standard InChI is InChI=1S/C18H19N7O/c1-2-12-6-8-13(9-7-12)23-16-15(19)17(22-11-21-16)24-25-18(26)14-5-3-4-10-20-14/h3-11H,2,19H2,1H3,(H,25,26)(H2,21,22,23,24). The largest absolute Gasteiger partial charge is 0.393 e. The van der Waals surface area contributed by atoms with Gasteiger partial charge in [0.15, 0.2) is 11.6 Å². The van der Waals surface area contributed by atoms with Gasteiger partial charge in [-0.1, -0.05) is 25.1 Å². The fourth-order valence-corrected chi connectivity index (χ4v) is 2.23. The fourth-order valence-electron chi connectivity index (χ4n) is 2.23. The van der Waals surface area contributed by atoms with Gasteiger partial charge >= 0.3 is 0 Å². The lowest BCUT2D eigenvalue weighted by Crippen LogP contribution is -2.31. The highest BCUT2D eigenvalue weighted by molar-refractivity contribution is 5.93. The van der Waals surface area contributed by atoms with E-state index in [4.69, 9.17) is 5.73 Å². The number of benzene rings is 1. The number of anilines is 4. The molecule has 0 aliphatic carbocycles. The summed E-state index contributed by atoms with van der Waals surface area (Å²) >= 11 is 0. The Bertz CT molecular complexity index is 882. The minimum atomic E-state index is -0.395. The van der Waals surface area contributed by atoms with Gasteiger partial charge in [0.1, 0.15) is 17.7 Å². The Balaban J connectivity index is 1.69. The molecule has 0 atom stereocenters. The van der Waals surface area contributed by atoms with E-state index in [1.54, 1.807) is 24.4 Å². The zero-order valence-corrected chi connectivity index (χ0v) is 14.2. The highest BCUT2D eigenvalue weighted by Crippen LogP contribution is 2.25. The number of carbonyl (C=O) groups excluding carboxylic acids is 1. The van der Waals surface area contributed by atoms with Crippen molar-refractivity contribution >= 4 is 28.9 Å². The number of aromatic nitrogens is 3. The van der Waals surface area contributed by atoms with E-state index < -0.39 is 5.91 Å². The zero-order valence-electron chi connectivity index (χ0n) is 14.2. The average molecular weight is 349 g/mol. The molecule has 3 rings (SSSR count). The van der Waals surface area contributed by atoms with Crippen molar-refractivity contribution in [3.05, 3.63) is 66.2 Å². The number of hydrogen-bond donors (Lipinski definition) is 4. The first-order valence-electron chi connectivity index (χ1n) is 8.11. The van der Waals surface area contributed by atoms with Crippen LogP contribution in [-0.2, 0) is 6.42 Å². The van der Waals surface area contributed by atoms with Crippen molar-refractivity contribution < 1.29 is 4.79 Å². The van der Waals surface area contributed by atoms with E-state index >= 15 is 0 Å². The van der Waals surface area contributed by atoms with Crippen molar-refractivity contribution in [1.29, 1.82) is 0 Å². The van der Waals surface area contributed by atoms with Crippen LogP contribution in [0.15, 0.2) is 55.0 Å². The Morgan fingerprint density at radius 2 is 1.81 bits per heavy atom. The summed E-state index contributed by atoms with van der Waals surface area (Å²) < 4.78 is 0. The fraction of sp³-hybridized carbons (Fsp3) is 0.111. The van der Waals surface area contributed by atoms with E-state index in [0.29, 0.717) is 5.82 Å². The molecule has 0 aliphatic heterocycles. The second-order valence-electron chi connectivity index (χ2n) is 5.45. The number of hydrazine groups is 1. The van der Waals surface area contributed by atoms with Crippen LogP contribution in [0.1, 0.15) is 23.0 Å². The number of nitrogens with two attached hydrogens (primary N) is 1. The van der Waals surface area contributed by atoms with Crippen LogP contribution in [0.4, 0.5) is 23.0 Å². The summed E-state index contributed by atoms with van der Waals surface area (Å²) in [5.41, 5.74) is 14.0. The molecule has 8 heteroatoms. The van der Waals surface area contributed by atoms with Gasteiger partial charge in [0.05, 0.1) is 0 Å². The molecule has 2 heterocycles. The molecule has 8 nitrogen and oxygen atoms in total. The van der Waals surface area contributed by atoms with E-state index in [1.807, 2.05) is 24.3 Å². The Labute approximate surface area is 150 Å². The Morgan fingerprint density at radius 1 is 1.04 bits per heavy atom. The molecule has 0 spiro atoms. The van der Waals surface area contributed by atoms with Gasteiger partial charge < -0.3 is 11.1 Å². The first-order valence-corrected chi connectivity index (χ1v) is 8.11. The minimum absolute atomic E-state index is 0.280. The van der Waals surface area contributed by atoms with E-state index in [1.165, 1.54) is 11.9 Å². The number of aryl methyl sites for hydroxylation is 1. The topological polar surface area (TPSA) is 118 Å². The molecule has 0 saturated carbocycles. The van der Waals surface area contributed by atoms with Gasteiger partial charge in [-0.15, -0.1) is 0 Å². The summed E-state index contributed by atoms with van der Waals surface area (Å²) in [5.74, 6) is 0.337. The lowest BCUT2D eigenvalue weighted by Gasteiger charge is -2.13. The molecule has 132 valence electrons. The molecule has 0 saturated heterocycles. The monoisotopic (exact) mass is 349 g/mol. The number of hydrogen-bond acceptors (Lipinski definition) is 7. The molecule has 0 bridgehead atoms. The van der Waals surface area contributed by atoms with Crippen LogP contribution in [0.5, 0.6) is 0 Å². The average Bonchev–Trinajstić information content (AvgIpc) is 2.69. The second-order valence-corrected chi connectivity index (χ2v) is 5.45. The molecule has 1 aromatic carbocycles. The number of nitrogens with zero attached hydrogens (tertiary/aromatic N) is 3. The molecule has 0 aliphatic rings. The van der Waals surface area contributed by atoms with Crippen molar-refractivity contribution in [2.75, 3.05) is 16.5 Å². The molecular formula is C18H19N7O. The minimum Gasteiger partial charge on any atom is -0.393 e. The van der Waals surface area contributed by atoms with Gasteiger partial charge in [-0.25, -0.2) is 9.97 Å². The van der Waals surface area contributed by atoms with Gasteiger partial charge in [-0.3, -0.25) is 20.6 Å². The van der Waals surface area contributed by atoms with E-state index in [0.717, 1.165) is 12.1 Å². The van der Waals surface area contributed by atoms with Crippen molar-refractivity contribution in [3.8, 4) is 0 Å². The molecule has 2 aromatic heterocycles. The third-order valence-corrected chi connectivity index (χ3v) is 3.70. The number of rotatable bonds is 6. The van der Waals surface area contributed by atoms with E-state index in [2.05, 4.69) is 38.0 Å². The predicted octanol–water partition coefficient (Wildman–Crippen LogP) is 2.52. The van der Waals surface area contributed by atoms with Crippen molar-refractivity contribution in [2.24, 2.45) is 0 Å². The maximum absolute atomic E-state index is 12.0. The van der Waals surface area contributed by atoms with Gasteiger partial charge in [0.2, 0.25) is 0 Å². The molecular weight excluding hydrogens is 330 g/mol. The molecule has 1 amide bonds. The highest BCUT2D eigenvalue weighted by atomic mass is 16.2. The Morgan fingerprint density at radius 3 is 2.50 bits per heavy atom. The van der Waals surface area contributed by atoms with Gasteiger partial charge in [0.25, 0.3) is 5.91 Å². The maximum Gasteiger partial charge on any atom is 0.288 e. The van der Waals surface area contributed by atoms with Crippen LogP contribution < -0.4 is 21.9 Å². The number of nitrogen functional groups attached to an aromatic ring is 1. The molecule has 26 heavy (non-hydrogen) atoms. The van der Waals surface area contributed by atoms with Crippen molar-refractivity contribution in [3.63, 3.8) is 0 Å². The SMILES string of the molecule is CCc1ccc(Nc2ncnc(NNC(=O)c3ccccn3)c2N)cc1. The zero-order chi connectivity index (χ0) is 18.4. The van der Waals surface area contributed by atoms with Gasteiger partial charge in [-0.05, 0) is 36.2 Å². The van der Waals surface area contributed by atoms with Crippen LogP contribution in [0.2, 0.25) is 0 Å². The molecule has 0 unspecified atom stereocenters. The smallest absolute Gasteiger partial charge is 0.288 e. The predicted molar refractivity (Wildman–Crippen MR) is 101 cm³/mol. The molecule has 0 radical (unpaired) electrons. The lowest BCUT2D eigenvalue weighted by atomic mass is 10.1. The maximum atomic E-state index is 12.0. The van der Waals surface area contributed by atoms with Crippen molar-refractivity contribution in [2.45, 2.75) is 13.3 Å². The van der Waals surface area contributed by atoms with Gasteiger partial charge in [-0.2, -0.15) is 0 Å². The lowest BCUT2D eigenvalue weighted by molar-refractivity contribution is 0.0957. The first-order chi connectivity index (χ1) is 12.7. The summed E-state index contributed by atoms with van der Waals surface area (Å²) in [6.45, 7) is 2.10. The van der Waals surface area contributed by atoms with Crippen LogP contribution >= 0.6 is 0 Å². The number of amides is 1. The second kappa shape index (κ2) is 7.93. The summed E-state index contributed by atoms with van der Waals surface area (Å²) in [6, 6.07) is 13.0. The molecule has 3 aromatic rings. The number of carbonyl (C=O) groups is 1. The van der Waals surface area contributed by atoms with E-state index in [9.17, 15) is 4.79 Å². The van der Waals surface area contributed by atoms with Crippen LogP contribution in [0.25, 0.3) is 0 Å². The quantitative estimate of drug-likeness (QED) is 0.505. The molecule has 0 fully saturated rings. The van der Waals surface area contributed by atoms with Crippen LogP contribution in [0.3, 0.4) is 0 Å². The third kappa shape index (κ3) is 4.04. The summed E-state index contributed by atoms with van der Waals surface area (Å²) in [6.07, 6.45) is 3.87. The van der Waals surface area contributed by atoms with Gasteiger partial charge in [0, 0.05) is 11.9 Å². The van der Waals surface area contributed by atoms with Crippen molar-refractivity contribution in [1.82, 2.24) is 20.4 Å².